The molecule has 0 unspecified atom stereocenters. The van der Waals surface area contributed by atoms with E-state index in [2.05, 4.69) is 61.5 Å². The second-order valence-electron chi connectivity index (χ2n) is 7.64. The summed E-state index contributed by atoms with van der Waals surface area (Å²) in [6.45, 7) is 6.53. The molecular weight excluding hydrogens is 350 g/mol. The zero-order valence-corrected chi connectivity index (χ0v) is 17.1. The lowest BCUT2D eigenvalue weighted by Crippen LogP contribution is -2.42. The van der Waals surface area contributed by atoms with Crippen LogP contribution >= 0.6 is 0 Å². The van der Waals surface area contributed by atoms with Crippen molar-refractivity contribution in [1.82, 2.24) is 5.43 Å². The molecule has 1 heterocycles. The molecular formula is C23H27N3O2. The normalized spacial score (nSPS) is 15.2. The van der Waals surface area contributed by atoms with Crippen molar-refractivity contribution in [2.24, 2.45) is 5.10 Å². The third kappa shape index (κ3) is 4.25. The van der Waals surface area contributed by atoms with Crippen molar-refractivity contribution in [2.45, 2.75) is 32.7 Å². The summed E-state index contributed by atoms with van der Waals surface area (Å²) in [6, 6.07) is 13.7. The SMILES string of the molecule is COc1cccc(CC(=O)N/N=C/c2ccc3c(c2)C(C)=CC(C)(C)N3C)c1. The molecule has 2 aromatic rings. The topological polar surface area (TPSA) is 53.9 Å². The van der Waals surface area contributed by atoms with E-state index < -0.39 is 0 Å². The molecule has 0 atom stereocenters. The molecule has 5 heteroatoms. The molecule has 0 fully saturated rings. The van der Waals surface area contributed by atoms with Gasteiger partial charge in [0.1, 0.15) is 5.75 Å². The van der Waals surface area contributed by atoms with E-state index in [1.54, 1.807) is 13.3 Å². The number of carbonyl (C=O) groups excluding carboxylic acids is 1. The summed E-state index contributed by atoms with van der Waals surface area (Å²) in [5, 5.41) is 4.11. The number of benzene rings is 2. The smallest absolute Gasteiger partial charge is 0.244 e. The lowest BCUT2D eigenvalue weighted by molar-refractivity contribution is -0.120. The van der Waals surface area contributed by atoms with E-state index in [0.29, 0.717) is 0 Å². The molecule has 0 spiro atoms. The fraction of sp³-hybridized carbons (Fsp3) is 0.304. The van der Waals surface area contributed by atoms with Crippen molar-refractivity contribution >= 4 is 23.4 Å². The van der Waals surface area contributed by atoms with Crippen LogP contribution in [-0.4, -0.2) is 31.8 Å². The minimum atomic E-state index is -0.167. The van der Waals surface area contributed by atoms with Gasteiger partial charge in [-0.2, -0.15) is 5.10 Å². The monoisotopic (exact) mass is 377 g/mol. The van der Waals surface area contributed by atoms with Gasteiger partial charge in [-0.15, -0.1) is 0 Å². The molecule has 5 nitrogen and oxygen atoms in total. The first-order valence-corrected chi connectivity index (χ1v) is 9.33. The van der Waals surface area contributed by atoms with Crippen molar-refractivity contribution in [3.63, 3.8) is 0 Å². The minimum absolute atomic E-state index is 0.0131. The Bertz CT molecular complexity index is 945. The zero-order valence-electron chi connectivity index (χ0n) is 17.1. The van der Waals surface area contributed by atoms with E-state index in [1.807, 2.05) is 30.3 Å². The molecule has 1 N–H and O–H groups in total. The van der Waals surface area contributed by atoms with Crippen LogP contribution in [0.25, 0.3) is 5.57 Å². The van der Waals surface area contributed by atoms with Crippen LogP contribution in [0.15, 0.2) is 53.6 Å². The first-order chi connectivity index (χ1) is 13.3. The number of hydrogen-bond donors (Lipinski definition) is 1. The summed E-state index contributed by atoms with van der Waals surface area (Å²) < 4.78 is 5.18. The lowest BCUT2D eigenvalue weighted by Gasteiger charge is -2.40. The third-order valence-corrected chi connectivity index (χ3v) is 5.14. The Labute approximate surface area is 166 Å². The largest absolute Gasteiger partial charge is 0.497 e. The summed E-state index contributed by atoms with van der Waals surface area (Å²) >= 11 is 0. The van der Waals surface area contributed by atoms with Gasteiger partial charge in [0.15, 0.2) is 0 Å². The number of hydrazone groups is 1. The number of nitrogens with zero attached hydrogens (tertiary/aromatic N) is 2. The van der Waals surface area contributed by atoms with Crippen LogP contribution in [-0.2, 0) is 11.2 Å². The van der Waals surface area contributed by atoms with Gasteiger partial charge in [-0.1, -0.05) is 24.3 Å². The maximum Gasteiger partial charge on any atom is 0.244 e. The zero-order chi connectivity index (χ0) is 20.3. The second kappa shape index (κ2) is 7.89. The van der Waals surface area contributed by atoms with Gasteiger partial charge in [-0.3, -0.25) is 4.79 Å². The predicted octanol–water partition coefficient (Wildman–Crippen LogP) is 4.02. The summed E-state index contributed by atoms with van der Waals surface area (Å²) in [7, 11) is 3.71. The highest BCUT2D eigenvalue weighted by molar-refractivity contribution is 5.88. The highest BCUT2D eigenvalue weighted by Gasteiger charge is 2.28. The number of amides is 1. The number of fused-ring (bicyclic) bond motifs is 1. The van der Waals surface area contributed by atoms with Crippen LogP contribution < -0.4 is 15.1 Å². The maximum absolute atomic E-state index is 12.1. The number of nitrogens with one attached hydrogen (secondary N) is 1. The van der Waals surface area contributed by atoms with E-state index in [9.17, 15) is 4.79 Å². The summed E-state index contributed by atoms with van der Waals surface area (Å²) in [4.78, 5) is 14.4. The van der Waals surface area contributed by atoms with E-state index in [1.165, 1.54) is 16.8 Å². The maximum atomic E-state index is 12.1. The molecule has 1 aliphatic heterocycles. The average Bonchev–Trinajstić information content (AvgIpc) is 2.66. The summed E-state index contributed by atoms with van der Waals surface area (Å²) in [5.74, 6) is 0.569. The van der Waals surface area contributed by atoms with Crippen molar-refractivity contribution in [3.8, 4) is 5.75 Å². The number of carbonyl (C=O) groups is 1. The number of methoxy groups -OCH3 is 1. The van der Waals surface area contributed by atoms with Crippen molar-refractivity contribution in [3.05, 3.63) is 65.2 Å². The number of hydrogen-bond acceptors (Lipinski definition) is 4. The van der Waals surface area contributed by atoms with Gasteiger partial charge >= 0.3 is 0 Å². The van der Waals surface area contributed by atoms with Crippen LogP contribution in [0.2, 0.25) is 0 Å². The molecule has 28 heavy (non-hydrogen) atoms. The van der Waals surface area contributed by atoms with Crippen molar-refractivity contribution in [1.29, 1.82) is 0 Å². The van der Waals surface area contributed by atoms with E-state index >= 15 is 0 Å². The summed E-state index contributed by atoms with van der Waals surface area (Å²) in [6.07, 6.45) is 4.20. The van der Waals surface area contributed by atoms with E-state index in [4.69, 9.17) is 4.74 Å². The van der Waals surface area contributed by atoms with Gasteiger partial charge in [-0.05, 0) is 61.7 Å². The predicted molar refractivity (Wildman–Crippen MR) is 115 cm³/mol. The molecule has 2 aromatic carbocycles. The van der Waals surface area contributed by atoms with Crippen molar-refractivity contribution in [2.75, 3.05) is 19.1 Å². The molecule has 1 aliphatic rings. The van der Waals surface area contributed by atoms with Crippen LogP contribution in [0.1, 0.15) is 37.5 Å². The lowest BCUT2D eigenvalue weighted by atomic mass is 9.89. The average molecular weight is 377 g/mol. The summed E-state index contributed by atoms with van der Waals surface area (Å²) in [5.41, 5.74) is 8.04. The van der Waals surface area contributed by atoms with Crippen LogP contribution in [0.3, 0.4) is 0 Å². The molecule has 0 aliphatic carbocycles. The number of ether oxygens (including phenoxy) is 1. The van der Waals surface area contributed by atoms with Gasteiger partial charge in [-0.25, -0.2) is 5.43 Å². The molecule has 1 amide bonds. The number of rotatable bonds is 5. The molecule has 0 saturated heterocycles. The molecule has 0 radical (unpaired) electrons. The van der Waals surface area contributed by atoms with Gasteiger partial charge in [0, 0.05) is 18.3 Å². The second-order valence-corrected chi connectivity index (χ2v) is 7.64. The van der Waals surface area contributed by atoms with Gasteiger partial charge in [0.25, 0.3) is 0 Å². The Balaban J connectivity index is 1.67. The number of anilines is 1. The number of likely N-dealkylation sites (N-methyl/N-ethyl adjacent to an activating group) is 1. The molecule has 3 rings (SSSR count). The van der Waals surface area contributed by atoms with Crippen LogP contribution in [0, 0.1) is 0 Å². The Morgan fingerprint density at radius 2 is 2.04 bits per heavy atom. The van der Waals surface area contributed by atoms with Gasteiger partial charge in [0.2, 0.25) is 5.91 Å². The number of allylic oxidation sites excluding steroid dienone is 1. The molecule has 0 bridgehead atoms. The highest BCUT2D eigenvalue weighted by Crippen LogP contribution is 2.37. The fourth-order valence-corrected chi connectivity index (χ4v) is 3.44. The third-order valence-electron chi connectivity index (χ3n) is 5.14. The van der Waals surface area contributed by atoms with Crippen LogP contribution in [0.5, 0.6) is 5.75 Å². The molecule has 146 valence electrons. The van der Waals surface area contributed by atoms with E-state index in [-0.39, 0.29) is 17.9 Å². The quantitative estimate of drug-likeness (QED) is 0.632. The first kappa shape index (κ1) is 19.7. The molecule has 0 saturated carbocycles. The Morgan fingerprint density at radius 1 is 1.25 bits per heavy atom. The first-order valence-electron chi connectivity index (χ1n) is 9.33. The van der Waals surface area contributed by atoms with Crippen LogP contribution in [0.4, 0.5) is 5.69 Å². The van der Waals surface area contributed by atoms with Crippen molar-refractivity contribution < 1.29 is 9.53 Å². The molecule has 0 aromatic heterocycles. The fourth-order valence-electron chi connectivity index (χ4n) is 3.44. The van der Waals surface area contributed by atoms with Gasteiger partial charge < -0.3 is 9.64 Å². The minimum Gasteiger partial charge on any atom is -0.497 e. The van der Waals surface area contributed by atoms with E-state index in [0.717, 1.165) is 16.9 Å². The Kier molecular flexibility index (Phi) is 5.54. The Morgan fingerprint density at radius 3 is 2.79 bits per heavy atom. The van der Waals surface area contributed by atoms with Gasteiger partial charge in [0.05, 0.1) is 25.3 Å². The Hall–Kier alpha value is -3.08. The standard InChI is InChI=1S/C23H27N3O2/c1-16-14-23(2,3)26(4)21-10-9-18(12-20(16)21)15-24-25-22(27)13-17-7-6-8-19(11-17)28-5/h6-12,14-15H,13H2,1-5H3,(H,25,27)/b24-15+. The highest BCUT2D eigenvalue weighted by atomic mass is 16.5.